The molecule has 0 aliphatic heterocycles. The molecule has 1 atom stereocenters. The molecule has 3 rings (SSSR count). The van der Waals surface area contributed by atoms with E-state index in [-0.39, 0.29) is 28.6 Å². The minimum Gasteiger partial charge on any atom is -0.740 e. The molecule has 0 fully saturated rings. The molecule has 0 spiro atoms. The van der Waals surface area contributed by atoms with Crippen LogP contribution in [0.3, 0.4) is 0 Å². The lowest BCUT2D eigenvalue weighted by Crippen LogP contribution is -2.19. The zero-order chi connectivity index (χ0) is 21.0. The first-order chi connectivity index (χ1) is 13.8. The second-order valence-corrected chi connectivity index (χ2v) is 8.08. The van der Waals surface area contributed by atoms with Gasteiger partial charge in [-0.1, -0.05) is 18.2 Å². The van der Waals surface area contributed by atoms with Crippen LogP contribution < -0.4 is 19.5 Å². The van der Waals surface area contributed by atoms with Crippen molar-refractivity contribution >= 4 is 38.4 Å². The Morgan fingerprint density at radius 3 is 2.52 bits per heavy atom. The summed E-state index contributed by atoms with van der Waals surface area (Å²) >= 11 is -2.92. The number of benzene rings is 2. The van der Waals surface area contributed by atoms with Gasteiger partial charge >= 0.3 is 0 Å². The maximum absolute atomic E-state index is 12.2. The zero-order valence-electron chi connectivity index (χ0n) is 15.3. The number of hydrogen-bond donors (Lipinski definition) is 2. The van der Waals surface area contributed by atoms with Crippen LogP contribution in [0.2, 0.25) is 0 Å². The van der Waals surface area contributed by atoms with E-state index in [0.717, 1.165) is 6.07 Å². The second kappa shape index (κ2) is 8.66. The fourth-order valence-electron chi connectivity index (χ4n) is 2.71. The van der Waals surface area contributed by atoms with Crippen molar-refractivity contribution in [3.63, 3.8) is 0 Å². The summed E-state index contributed by atoms with van der Waals surface area (Å²) in [5.74, 6) is 0.381. The van der Waals surface area contributed by atoms with Crippen LogP contribution in [0.5, 0.6) is 5.75 Å². The van der Waals surface area contributed by atoms with Gasteiger partial charge in [-0.2, -0.15) is 0 Å². The summed E-state index contributed by atoms with van der Waals surface area (Å²) in [4.78, 5) is 1.34. The monoisotopic (exact) mass is 436 g/mol. The van der Waals surface area contributed by atoms with Gasteiger partial charge in [0, 0.05) is 18.8 Å². The minimum atomic E-state index is -4.19. The number of hydrogen-bond acceptors (Lipinski definition) is 8. The lowest BCUT2D eigenvalue weighted by Gasteiger charge is -2.24. The maximum Gasteiger partial charge on any atom is 0.240 e. The number of nitrogens with zero attached hydrogens (tertiary/aromatic N) is 1. The molecular formula is C18H18N3O6S2-. The van der Waals surface area contributed by atoms with Gasteiger partial charge in [-0.3, -0.25) is 0 Å². The molecule has 0 radical (unpaired) electrons. The predicted molar refractivity (Wildman–Crippen MR) is 108 cm³/mol. The van der Waals surface area contributed by atoms with E-state index < -0.39 is 21.4 Å². The highest BCUT2D eigenvalue weighted by Gasteiger charge is 2.22. The second-order valence-electron chi connectivity index (χ2n) is 5.98. The van der Waals surface area contributed by atoms with E-state index in [1.54, 1.807) is 48.3 Å². The van der Waals surface area contributed by atoms with Gasteiger partial charge in [0.1, 0.15) is 22.0 Å². The Kier molecular flexibility index (Phi) is 6.23. The van der Waals surface area contributed by atoms with Crippen molar-refractivity contribution in [1.29, 1.82) is 0 Å². The highest BCUT2D eigenvalue weighted by molar-refractivity contribution is 7.89. The van der Waals surface area contributed by atoms with Gasteiger partial charge in [0.15, 0.2) is 5.75 Å². The first-order valence-corrected chi connectivity index (χ1v) is 10.8. The van der Waals surface area contributed by atoms with E-state index in [0.29, 0.717) is 11.4 Å². The summed E-state index contributed by atoms with van der Waals surface area (Å²) in [6.07, 6.45) is 1.50. The largest absolute Gasteiger partial charge is 0.740 e. The third-order valence-electron chi connectivity index (χ3n) is 4.06. The molecule has 0 bridgehead atoms. The Morgan fingerprint density at radius 2 is 1.93 bits per heavy atom. The van der Waals surface area contributed by atoms with Gasteiger partial charge in [-0.15, -0.1) is 0 Å². The molecule has 1 unspecified atom stereocenters. The number of nitrogens with one attached hydrogen (secondary N) is 1. The summed E-state index contributed by atoms with van der Waals surface area (Å²) in [6.45, 7) is 0.220. The van der Waals surface area contributed by atoms with Crippen molar-refractivity contribution < 1.29 is 25.8 Å². The molecule has 0 aliphatic rings. The van der Waals surface area contributed by atoms with E-state index in [2.05, 4.69) is 5.32 Å². The summed E-state index contributed by atoms with van der Waals surface area (Å²) in [7, 11) is -2.52. The van der Waals surface area contributed by atoms with Crippen molar-refractivity contribution in [3.8, 4) is 5.75 Å². The fourth-order valence-corrected chi connectivity index (χ4v) is 3.75. The molecule has 0 aliphatic carbocycles. The lowest BCUT2D eigenvalue weighted by atomic mass is 10.2. The van der Waals surface area contributed by atoms with Crippen LogP contribution in [0.15, 0.2) is 70.2 Å². The number of primary sulfonamides is 1. The van der Waals surface area contributed by atoms with Crippen LogP contribution in [-0.2, 0) is 27.9 Å². The van der Waals surface area contributed by atoms with E-state index >= 15 is 0 Å². The quantitative estimate of drug-likeness (QED) is 0.514. The molecule has 11 heteroatoms. The molecular weight excluding hydrogens is 418 g/mol. The molecule has 0 saturated carbocycles. The van der Waals surface area contributed by atoms with Crippen molar-refractivity contribution in [3.05, 3.63) is 66.6 Å². The van der Waals surface area contributed by atoms with Gasteiger partial charge in [0.2, 0.25) is 10.0 Å². The molecule has 0 saturated heterocycles. The maximum atomic E-state index is 12.2. The number of rotatable bonds is 8. The van der Waals surface area contributed by atoms with E-state index in [1.807, 2.05) is 6.07 Å². The summed E-state index contributed by atoms with van der Waals surface area (Å²) in [6, 6.07) is 15.0. The number of sulfonamides is 1. The Bertz CT molecular complexity index is 1100. The normalized spacial score (nSPS) is 12.4. The van der Waals surface area contributed by atoms with E-state index in [4.69, 9.17) is 13.7 Å². The van der Waals surface area contributed by atoms with Gasteiger partial charge < -0.3 is 23.4 Å². The average molecular weight is 436 g/mol. The molecule has 3 aromatic rings. The minimum absolute atomic E-state index is 0.209. The molecule has 3 N–H and O–H groups in total. The van der Waals surface area contributed by atoms with Gasteiger partial charge in [-0.25, -0.2) is 17.8 Å². The molecule has 154 valence electrons. The van der Waals surface area contributed by atoms with Crippen molar-refractivity contribution in [2.75, 3.05) is 17.3 Å². The van der Waals surface area contributed by atoms with Crippen LogP contribution in [0.1, 0.15) is 5.76 Å². The van der Waals surface area contributed by atoms with Gasteiger partial charge in [-0.05, 0) is 30.3 Å². The third kappa shape index (κ3) is 5.15. The van der Waals surface area contributed by atoms with E-state index in [1.165, 1.54) is 12.3 Å². The Balaban J connectivity index is 2.11. The Morgan fingerprint density at radius 1 is 1.21 bits per heavy atom. The van der Waals surface area contributed by atoms with Gasteiger partial charge in [0.25, 0.3) is 0 Å². The first kappa shape index (κ1) is 20.9. The number of para-hydroxylation sites is 1. The molecule has 0 amide bonds. The predicted octanol–water partition coefficient (Wildman–Crippen LogP) is 2.48. The average Bonchev–Trinajstić information content (AvgIpc) is 3.19. The highest BCUT2D eigenvalue weighted by atomic mass is 32.2. The third-order valence-corrected chi connectivity index (χ3v) is 5.32. The standard InChI is InChI=1S/C18H19N3O6S2/c1-21(13-6-3-2-4-7-13)16-10-15(20-12-14-8-5-9-26-14)17(27-28(22)23)11-18(16)29(19,24)25/h2-11,20H,12H2,1H3,(H,22,23)(H2,19,24,25)/p-1. The van der Waals surface area contributed by atoms with Crippen LogP contribution in [-0.4, -0.2) is 24.2 Å². The van der Waals surface area contributed by atoms with Crippen molar-refractivity contribution in [2.45, 2.75) is 11.4 Å². The van der Waals surface area contributed by atoms with Gasteiger partial charge in [0.05, 0.1) is 24.2 Å². The SMILES string of the molecule is CN(c1ccccc1)c1cc(NCc2ccco2)c(OS(=O)[O-])cc1S(N)(=O)=O. The summed E-state index contributed by atoms with van der Waals surface area (Å²) in [5, 5.41) is 8.37. The van der Waals surface area contributed by atoms with Crippen LogP contribution in [0.25, 0.3) is 0 Å². The summed E-state index contributed by atoms with van der Waals surface area (Å²) in [5.41, 5.74) is 1.19. The molecule has 29 heavy (non-hydrogen) atoms. The topological polar surface area (TPSA) is 138 Å². The lowest BCUT2D eigenvalue weighted by molar-refractivity contribution is 0.440. The van der Waals surface area contributed by atoms with E-state index in [9.17, 15) is 17.2 Å². The van der Waals surface area contributed by atoms with Crippen LogP contribution in [0, 0.1) is 0 Å². The Hall–Kier alpha value is -2.86. The first-order valence-electron chi connectivity index (χ1n) is 8.29. The molecule has 1 heterocycles. The van der Waals surface area contributed by atoms with Crippen LogP contribution in [0.4, 0.5) is 17.1 Å². The summed E-state index contributed by atoms with van der Waals surface area (Å²) < 4.78 is 56.6. The molecule has 2 aromatic carbocycles. The molecule has 9 nitrogen and oxygen atoms in total. The Labute approximate surface area is 170 Å². The fraction of sp³-hybridized carbons (Fsp3) is 0.111. The smallest absolute Gasteiger partial charge is 0.240 e. The zero-order valence-corrected chi connectivity index (χ0v) is 16.9. The van der Waals surface area contributed by atoms with Crippen molar-refractivity contribution in [2.24, 2.45) is 5.14 Å². The van der Waals surface area contributed by atoms with Crippen molar-refractivity contribution in [1.82, 2.24) is 0 Å². The number of furan rings is 1. The highest BCUT2D eigenvalue weighted by Crippen LogP contribution is 2.38. The van der Waals surface area contributed by atoms with Crippen LogP contribution >= 0.6 is 0 Å². The molecule has 1 aromatic heterocycles. The number of nitrogens with two attached hydrogens (primary N) is 1. The number of anilines is 3.